The first kappa shape index (κ1) is 17.7. The number of nitrogens with two attached hydrogens (primary N) is 1. The minimum absolute atomic E-state index is 0.139. The second-order valence-electron chi connectivity index (χ2n) is 4.71. The second-order valence-corrected chi connectivity index (χ2v) is 5.70. The third-order valence-electron chi connectivity index (χ3n) is 2.93. The smallest absolute Gasteiger partial charge is 0.237 e. The number of amides is 1. The first-order valence-corrected chi connectivity index (χ1v) is 8.29. The summed E-state index contributed by atoms with van der Waals surface area (Å²) >= 11 is 1.68. The maximum Gasteiger partial charge on any atom is 0.237 e. The van der Waals surface area contributed by atoms with Gasteiger partial charge in [0, 0.05) is 0 Å². The Bertz CT molecular complexity index is 443. The molecule has 0 radical (unpaired) electrons. The molecule has 0 aliphatic heterocycles. The third-order valence-corrected chi connectivity index (χ3v) is 3.57. The van der Waals surface area contributed by atoms with Gasteiger partial charge in [-0.3, -0.25) is 4.79 Å². The number of ether oxygens (including phenoxy) is 2. The van der Waals surface area contributed by atoms with E-state index >= 15 is 0 Å². The fraction of sp³-hybridized carbons (Fsp3) is 0.533. The highest BCUT2D eigenvalue weighted by Gasteiger charge is 2.14. The molecule has 0 aromatic heterocycles. The Morgan fingerprint density at radius 1 is 1.38 bits per heavy atom. The van der Waals surface area contributed by atoms with Crippen molar-refractivity contribution in [2.24, 2.45) is 5.73 Å². The van der Waals surface area contributed by atoms with E-state index in [2.05, 4.69) is 5.32 Å². The van der Waals surface area contributed by atoms with Gasteiger partial charge in [0.15, 0.2) is 11.5 Å². The van der Waals surface area contributed by atoms with Crippen LogP contribution >= 0.6 is 11.8 Å². The number of hydrogen-bond donors (Lipinski definition) is 2. The summed E-state index contributed by atoms with van der Waals surface area (Å²) in [5.74, 6) is 2.07. The molecule has 0 spiro atoms. The lowest BCUT2D eigenvalue weighted by Crippen LogP contribution is -2.44. The van der Waals surface area contributed by atoms with Crippen molar-refractivity contribution in [2.75, 3.05) is 25.7 Å². The molecule has 1 amide bonds. The van der Waals surface area contributed by atoms with E-state index in [-0.39, 0.29) is 12.0 Å². The summed E-state index contributed by atoms with van der Waals surface area (Å²) in [4.78, 5) is 11.8. The summed E-state index contributed by atoms with van der Waals surface area (Å²) in [6, 6.07) is 6.96. The van der Waals surface area contributed by atoms with Crippen LogP contribution in [0.2, 0.25) is 0 Å². The summed E-state index contributed by atoms with van der Waals surface area (Å²) in [7, 11) is 1.60. The van der Waals surface area contributed by atoms with E-state index in [1.165, 1.54) is 0 Å². The van der Waals surface area contributed by atoms with Crippen LogP contribution in [-0.4, -0.2) is 43.7 Å². The average molecular weight is 312 g/mol. The summed E-state index contributed by atoms with van der Waals surface area (Å²) in [6.07, 6.45) is 2.50. The third kappa shape index (κ3) is 6.27. The van der Waals surface area contributed by atoms with Crippen molar-refractivity contribution in [1.29, 1.82) is 0 Å². The van der Waals surface area contributed by atoms with E-state index in [0.717, 1.165) is 5.75 Å². The zero-order valence-corrected chi connectivity index (χ0v) is 13.6. The molecule has 0 fully saturated rings. The quantitative estimate of drug-likeness (QED) is 0.725. The largest absolute Gasteiger partial charge is 0.493 e. The molecule has 21 heavy (non-hydrogen) atoms. The molecule has 1 rings (SSSR count). The van der Waals surface area contributed by atoms with Gasteiger partial charge in [-0.2, -0.15) is 11.8 Å². The maximum absolute atomic E-state index is 11.8. The fourth-order valence-electron chi connectivity index (χ4n) is 1.73. The molecule has 6 heteroatoms. The standard InChI is InChI=1S/C15H24N2O3S/c1-11(10-17-15(18)12(16)8-9-21-3)20-14-7-5-4-6-13(14)19-2/h4-7,11-12H,8-10,16H2,1-3H3,(H,17,18)/t11?,12-/m0/s1. The molecule has 0 saturated heterocycles. The molecule has 1 unspecified atom stereocenters. The number of thioether (sulfide) groups is 1. The molecule has 3 N–H and O–H groups in total. The zero-order chi connectivity index (χ0) is 15.7. The fourth-order valence-corrected chi connectivity index (χ4v) is 2.22. The molecule has 0 heterocycles. The highest BCUT2D eigenvalue weighted by Crippen LogP contribution is 2.26. The number of benzene rings is 1. The lowest BCUT2D eigenvalue weighted by Gasteiger charge is -2.18. The predicted molar refractivity (Wildman–Crippen MR) is 87.1 cm³/mol. The van der Waals surface area contributed by atoms with Gasteiger partial charge in [-0.25, -0.2) is 0 Å². The molecule has 0 saturated carbocycles. The van der Waals surface area contributed by atoms with E-state index < -0.39 is 6.04 Å². The van der Waals surface area contributed by atoms with E-state index in [1.54, 1.807) is 18.9 Å². The van der Waals surface area contributed by atoms with E-state index in [1.807, 2.05) is 37.4 Å². The summed E-state index contributed by atoms with van der Waals surface area (Å²) in [6.45, 7) is 2.30. The summed E-state index contributed by atoms with van der Waals surface area (Å²) in [5, 5.41) is 2.81. The number of rotatable bonds is 9. The van der Waals surface area contributed by atoms with Gasteiger partial charge < -0.3 is 20.5 Å². The molecular weight excluding hydrogens is 288 g/mol. The number of methoxy groups -OCH3 is 1. The van der Waals surface area contributed by atoms with Crippen LogP contribution in [0.4, 0.5) is 0 Å². The number of hydrogen-bond acceptors (Lipinski definition) is 5. The van der Waals surface area contributed by atoms with Gasteiger partial charge in [-0.1, -0.05) is 12.1 Å². The van der Waals surface area contributed by atoms with Crippen LogP contribution in [0.15, 0.2) is 24.3 Å². The predicted octanol–water partition coefficient (Wildman–Crippen LogP) is 1.66. The van der Waals surface area contributed by atoms with Crippen molar-refractivity contribution in [3.05, 3.63) is 24.3 Å². The van der Waals surface area contributed by atoms with Crippen LogP contribution in [0.3, 0.4) is 0 Å². The molecular formula is C15H24N2O3S. The Morgan fingerprint density at radius 3 is 2.67 bits per heavy atom. The summed E-state index contributed by atoms with van der Waals surface area (Å²) < 4.78 is 11.0. The van der Waals surface area contributed by atoms with Crippen molar-refractivity contribution in [3.8, 4) is 11.5 Å². The molecule has 0 aliphatic rings. The normalized spacial score (nSPS) is 13.3. The minimum atomic E-state index is -0.462. The molecule has 2 atom stereocenters. The Balaban J connectivity index is 2.40. The van der Waals surface area contributed by atoms with Gasteiger partial charge in [0.1, 0.15) is 6.10 Å². The van der Waals surface area contributed by atoms with Gasteiger partial charge >= 0.3 is 0 Å². The number of para-hydroxylation sites is 2. The highest BCUT2D eigenvalue weighted by atomic mass is 32.2. The molecule has 1 aromatic carbocycles. The average Bonchev–Trinajstić information content (AvgIpc) is 2.50. The topological polar surface area (TPSA) is 73.6 Å². The summed E-state index contributed by atoms with van der Waals surface area (Å²) in [5.41, 5.74) is 5.80. The van der Waals surface area contributed by atoms with Crippen LogP contribution in [0.1, 0.15) is 13.3 Å². The Hall–Kier alpha value is -1.40. The Labute approximate surface area is 130 Å². The lowest BCUT2D eigenvalue weighted by molar-refractivity contribution is -0.122. The van der Waals surface area contributed by atoms with E-state index in [4.69, 9.17) is 15.2 Å². The van der Waals surface area contributed by atoms with Crippen LogP contribution in [0, 0.1) is 0 Å². The van der Waals surface area contributed by atoms with Crippen molar-refractivity contribution >= 4 is 17.7 Å². The van der Waals surface area contributed by atoms with Crippen molar-refractivity contribution in [3.63, 3.8) is 0 Å². The van der Waals surface area contributed by atoms with Crippen LogP contribution < -0.4 is 20.5 Å². The molecule has 0 aliphatic carbocycles. The van der Waals surface area contributed by atoms with Gasteiger partial charge in [-0.15, -0.1) is 0 Å². The van der Waals surface area contributed by atoms with Crippen molar-refractivity contribution < 1.29 is 14.3 Å². The molecule has 5 nitrogen and oxygen atoms in total. The van der Waals surface area contributed by atoms with E-state index in [0.29, 0.717) is 24.5 Å². The maximum atomic E-state index is 11.8. The Kier molecular flexibility index (Phi) is 8.00. The SMILES string of the molecule is COc1ccccc1OC(C)CNC(=O)[C@@H](N)CCSC. The van der Waals surface area contributed by atoms with Crippen molar-refractivity contribution in [1.82, 2.24) is 5.32 Å². The molecule has 1 aromatic rings. The van der Waals surface area contributed by atoms with Gasteiger partial charge in [0.2, 0.25) is 5.91 Å². The van der Waals surface area contributed by atoms with Crippen LogP contribution in [0.5, 0.6) is 11.5 Å². The first-order chi connectivity index (χ1) is 10.1. The lowest BCUT2D eigenvalue weighted by atomic mass is 10.2. The zero-order valence-electron chi connectivity index (χ0n) is 12.8. The molecule has 118 valence electrons. The minimum Gasteiger partial charge on any atom is -0.493 e. The van der Waals surface area contributed by atoms with Gasteiger partial charge in [0.05, 0.1) is 19.7 Å². The second kappa shape index (κ2) is 9.52. The van der Waals surface area contributed by atoms with Crippen molar-refractivity contribution in [2.45, 2.75) is 25.5 Å². The first-order valence-electron chi connectivity index (χ1n) is 6.90. The Morgan fingerprint density at radius 2 is 2.05 bits per heavy atom. The number of carbonyl (C=O) groups is 1. The van der Waals surface area contributed by atoms with Gasteiger partial charge in [0.25, 0.3) is 0 Å². The van der Waals surface area contributed by atoms with E-state index in [9.17, 15) is 4.79 Å². The molecule has 0 bridgehead atoms. The monoisotopic (exact) mass is 312 g/mol. The van der Waals surface area contributed by atoms with Crippen LogP contribution in [0.25, 0.3) is 0 Å². The highest BCUT2D eigenvalue weighted by molar-refractivity contribution is 7.98. The number of nitrogens with one attached hydrogen (secondary N) is 1. The van der Waals surface area contributed by atoms with Gasteiger partial charge in [-0.05, 0) is 37.5 Å². The van der Waals surface area contributed by atoms with Crippen LogP contribution in [-0.2, 0) is 4.79 Å². The number of carbonyl (C=O) groups excluding carboxylic acids is 1.